The fourth-order valence-corrected chi connectivity index (χ4v) is 2.90. The number of rotatable bonds is 4. The van der Waals surface area contributed by atoms with Crippen molar-refractivity contribution in [2.24, 2.45) is 0 Å². The average molecular weight is 309 g/mol. The van der Waals surface area contributed by atoms with Crippen LogP contribution >= 0.6 is 0 Å². The van der Waals surface area contributed by atoms with Gasteiger partial charge in [-0.1, -0.05) is 0 Å². The van der Waals surface area contributed by atoms with Crippen molar-refractivity contribution in [1.29, 1.82) is 0 Å². The van der Waals surface area contributed by atoms with Gasteiger partial charge in [-0.2, -0.15) is 5.10 Å². The molecule has 1 saturated carbocycles. The van der Waals surface area contributed by atoms with E-state index in [-0.39, 0.29) is 17.7 Å². The molecule has 0 spiro atoms. The summed E-state index contributed by atoms with van der Waals surface area (Å²) in [5.41, 5.74) is 1.50. The zero-order valence-electron chi connectivity index (χ0n) is 12.4. The van der Waals surface area contributed by atoms with Crippen LogP contribution in [0.3, 0.4) is 0 Å². The first-order valence-electron chi connectivity index (χ1n) is 7.50. The van der Waals surface area contributed by atoms with E-state index in [9.17, 15) is 4.79 Å². The Hall–Kier alpha value is -2.88. The van der Waals surface area contributed by atoms with Crippen LogP contribution in [0.5, 0.6) is 0 Å². The summed E-state index contributed by atoms with van der Waals surface area (Å²) in [7, 11) is 0. The minimum Gasteiger partial charge on any atom is -0.442 e. The van der Waals surface area contributed by atoms with Crippen LogP contribution in [0, 0.1) is 6.57 Å². The minimum atomic E-state index is -0.353. The number of hydrogen-bond donors (Lipinski definition) is 0. The lowest BCUT2D eigenvalue weighted by Gasteiger charge is -2.13. The van der Waals surface area contributed by atoms with E-state index in [2.05, 4.69) is 14.9 Å². The van der Waals surface area contributed by atoms with E-state index in [1.165, 1.54) is 6.33 Å². The van der Waals surface area contributed by atoms with Crippen LogP contribution in [0.4, 0.5) is 10.5 Å². The number of carbonyl (C=O) groups excluding carboxylic acids is 1. The largest absolute Gasteiger partial charge is 0.442 e. The molecule has 2 fully saturated rings. The van der Waals surface area contributed by atoms with Crippen molar-refractivity contribution in [2.75, 3.05) is 11.4 Å². The van der Waals surface area contributed by atoms with Gasteiger partial charge in [0.1, 0.15) is 18.8 Å². The maximum absolute atomic E-state index is 12.1. The molecule has 0 N–H and O–H groups in total. The van der Waals surface area contributed by atoms with Crippen molar-refractivity contribution in [3.63, 3.8) is 0 Å². The van der Waals surface area contributed by atoms with Crippen molar-refractivity contribution in [2.45, 2.75) is 31.0 Å². The topological polar surface area (TPSA) is 64.6 Å². The standard InChI is InChI=1S/C16H15N5O2/c1-17-16(6-7-16)12-2-4-13(5-3-12)21-9-14(23-15(21)22)8-20-11-18-10-19-20/h2-5,10-11,14H,6-9H2/t14-/m0/s1. The highest BCUT2D eigenvalue weighted by Gasteiger charge is 2.52. The van der Waals surface area contributed by atoms with E-state index < -0.39 is 0 Å². The Morgan fingerprint density at radius 2 is 2.13 bits per heavy atom. The van der Waals surface area contributed by atoms with E-state index in [4.69, 9.17) is 11.3 Å². The zero-order valence-corrected chi connectivity index (χ0v) is 12.4. The van der Waals surface area contributed by atoms with Gasteiger partial charge >= 0.3 is 6.09 Å². The smallest absolute Gasteiger partial charge is 0.414 e. The van der Waals surface area contributed by atoms with Gasteiger partial charge < -0.3 is 9.58 Å². The molecule has 2 aromatic rings. The second-order valence-corrected chi connectivity index (χ2v) is 5.92. The molecule has 2 heterocycles. The van der Waals surface area contributed by atoms with Gasteiger partial charge in [0.05, 0.1) is 13.1 Å². The monoisotopic (exact) mass is 309 g/mol. The van der Waals surface area contributed by atoms with Crippen molar-refractivity contribution >= 4 is 11.8 Å². The highest BCUT2D eigenvalue weighted by atomic mass is 16.6. The van der Waals surface area contributed by atoms with Crippen LogP contribution < -0.4 is 4.90 Å². The lowest BCUT2D eigenvalue weighted by Crippen LogP contribution is -2.26. The first-order chi connectivity index (χ1) is 11.2. The van der Waals surface area contributed by atoms with E-state index in [1.807, 2.05) is 24.3 Å². The van der Waals surface area contributed by atoms with E-state index >= 15 is 0 Å². The molecule has 116 valence electrons. The third kappa shape index (κ3) is 2.42. The van der Waals surface area contributed by atoms with Gasteiger partial charge in [0, 0.05) is 24.1 Å². The molecule has 1 amide bonds. The van der Waals surface area contributed by atoms with Gasteiger partial charge in [0.15, 0.2) is 0 Å². The molecule has 1 aliphatic heterocycles. The highest BCUT2D eigenvalue weighted by molar-refractivity contribution is 5.89. The third-order valence-corrected chi connectivity index (χ3v) is 4.39. The molecule has 0 radical (unpaired) electrons. The number of carbonyl (C=O) groups is 1. The van der Waals surface area contributed by atoms with Gasteiger partial charge in [0.25, 0.3) is 5.54 Å². The van der Waals surface area contributed by atoms with Crippen LogP contribution in [0.15, 0.2) is 36.9 Å². The Balaban J connectivity index is 1.48. The molecular weight excluding hydrogens is 294 g/mol. The Morgan fingerprint density at radius 1 is 1.35 bits per heavy atom. The van der Waals surface area contributed by atoms with E-state index in [0.29, 0.717) is 13.1 Å². The molecule has 1 saturated heterocycles. The lowest BCUT2D eigenvalue weighted by molar-refractivity contribution is 0.129. The normalized spacial score (nSPS) is 21.8. The predicted molar refractivity (Wildman–Crippen MR) is 81.6 cm³/mol. The molecule has 2 aliphatic rings. The number of anilines is 1. The van der Waals surface area contributed by atoms with Crippen LogP contribution in [-0.2, 0) is 16.8 Å². The summed E-state index contributed by atoms with van der Waals surface area (Å²) in [4.78, 5) is 21.3. The van der Waals surface area contributed by atoms with Gasteiger partial charge in [-0.15, -0.1) is 0 Å². The van der Waals surface area contributed by atoms with Crippen molar-refractivity contribution in [3.05, 3.63) is 53.9 Å². The lowest BCUT2D eigenvalue weighted by atomic mass is 10.1. The van der Waals surface area contributed by atoms with Gasteiger partial charge in [-0.3, -0.25) is 4.90 Å². The first kappa shape index (κ1) is 13.8. The van der Waals surface area contributed by atoms with Gasteiger partial charge in [-0.05, 0) is 24.3 Å². The van der Waals surface area contributed by atoms with Crippen LogP contribution in [-0.4, -0.2) is 33.5 Å². The number of aromatic nitrogens is 3. The summed E-state index contributed by atoms with van der Waals surface area (Å²) in [5.74, 6) is 0. The quantitative estimate of drug-likeness (QED) is 0.812. The molecule has 4 rings (SSSR count). The summed E-state index contributed by atoms with van der Waals surface area (Å²) < 4.78 is 7.03. The molecule has 7 heteroatoms. The Morgan fingerprint density at radius 3 is 2.74 bits per heavy atom. The van der Waals surface area contributed by atoms with Crippen molar-refractivity contribution in [1.82, 2.24) is 14.8 Å². The zero-order chi connectivity index (χ0) is 15.9. The number of nitrogens with zero attached hydrogens (tertiary/aromatic N) is 5. The number of hydrogen-bond acceptors (Lipinski definition) is 4. The van der Waals surface area contributed by atoms with Crippen LogP contribution in [0.2, 0.25) is 0 Å². The molecule has 1 aliphatic carbocycles. The molecule has 7 nitrogen and oxygen atoms in total. The second-order valence-electron chi connectivity index (χ2n) is 5.92. The average Bonchev–Trinajstić information content (AvgIpc) is 3.05. The Bertz CT molecular complexity index is 759. The summed E-state index contributed by atoms with van der Waals surface area (Å²) in [6.07, 6.45) is 4.29. The summed E-state index contributed by atoms with van der Waals surface area (Å²) >= 11 is 0. The molecule has 1 aromatic carbocycles. The number of ether oxygens (including phenoxy) is 1. The maximum Gasteiger partial charge on any atom is 0.414 e. The molecule has 23 heavy (non-hydrogen) atoms. The molecular formula is C16H15N5O2. The fraction of sp³-hybridized carbons (Fsp3) is 0.375. The SMILES string of the molecule is [C-]#[N+]C1(c2ccc(N3C[C@H](Cn4cncn4)OC3=O)cc2)CC1. The Labute approximate surface area is 133 Å². The molecule has 0 unspecified atom stereocenters. The van der Waals surface area contributed by atoms with Gasteiger partial charge in [-0.25, -0.2) is 21.0 Å². The first-order valence-corrected chi connectivity index (χ1v) is 7.50. The second kappa shape index (κ2) is 5.09. The van der Waals surface area contributed by atoms with Gasteiger partial charge in [0.2, 0.25) is 0 Å². The van der Waals surface area contributed by atoms with Crippen LogP contribution in [0.25, 0.3) is 4.85 Å². The maximum atomic E-state index is 12.1. The van der Waals surface area contributed by atoms with Crippen LogP contribution in [0.1, 0.15) is 18.4 Å². The Kier molecular flexibility index (Phi) is 3.05. The number of amides is 1. The summed E-state index contributed by atoms with van der Waals surface area (Å²) in [6.45, 7) is 8.27. The third-order valence-electron chi connectivity index (χ3n) is 4.39. The highest BCUT2D eigenvalue weighted by Crippen LogP contribution is 2.49. The van der Waals surface area contributed by atoms with Crippen molar-refractivity contribution in [3.8, 4) is 0 Å². The minimum absolute atomic E-state index is 0.248. The number of cyclic esters (lactones) is 1. The fourth-order valence-electron chi connectivity index (χ4n) is 2.90. The summed E-state index contributed by atoms with van der Waals surface area (Å²) in [6, 6.07) is 7.66. The van der Waals surface area contributed by atoms with E-state index in [0.717, 1.165) is 24.1 Å². The molecule has 1 aromatic heterocycles. The number of benzene rings is 1. The van der Waals surface area contributed by atoms with Crippen molar-refractivity contribution < 1.29 is 9.53 Å². The summed E-state index contributed by atoms with van der Waals surface area (Å²) in [5, 5.41) is 4.03. The van der Waals surface area contributed by atoms with E-state index in [1.54, 1.807) is 15.9 Å². The predicted octanol–water partition coefficient (Wildman–Crippen LogP) is 2.21. The molecule has 1 atom stereocenters. The molecule has 0 bridgehead atoms.